The Labute approximate surface area is 105 Å². The van der Waals surface area contributed by atoms with E-state index >= 15 is 0 Å². The number of nitrogens with zero attached hydrogens (tertiary/aromatic N) is 2. The summed E-state index contributed by atoms with van der Waals surface area (Å²) in [5.41, 5.74) is 0. The first-order chi connectivity index (χ1) is 8.08. The highest BCUT2D eigenvalue weighted by molar-refractivity contribution is 7.99. The zero-order chi connectivity index (χ0) is 12.4. The molecule has 0 aliphatic carbocycles. The number of aliphatic carboxylic acids is 1. The summed E-state index contributed by atoms with van der Waals surface area (Å²) < 4.78 is 0. The van der Waals surface area contributed by atoms with Gasteiger partial charge in [0.25, 0.3) is 0 Å². The number of carboxylic acid groups (broad SMARTS) is 1. The molecule has 2 rings (SSSR count). The summed E-state index contributed by atoms with van der Waals surface area (Å²) in [6.07, 6.45) is 0.176. The summed E-state index contributed by atoms with van der Waals surface area (Å²) in [5, 5.41) is 8.65. The van der Waals surface area contributed by atoms with Gasteiger partial charge in [-0.3, -0.25) is 4.79 Å². The Bertz CT molecular complexity index is 318. The molecule has 0 saturated carbocycles. The van der Waals surface area contributed by atoms with Gasteiger partial charge in [0.15, 0.2) is 0 Å². The van der Waals surface area contributed by atoms with Gasteiger partial charge in [-0.25, -0.2) is 4.79 Å². The van der Waals surface area contributed by atoms with Crippen molar-refractivity contribution in [3.63, 3.8) is 0 Å². The maximum Gasteiger partial charge on any atom is 0.320 e. The van der Waals surface area contributed by atoms with Crippen LogP contribution in [0, 0.1) is 5.92 Å². The largest absolute Gasteiger partial charge is 0.481 e. The van der Waals surface area contributed by atoms with Crippen LogP contribution in [0.2, 0.25) is 0 Å². The van der Waals surface area contributed by atoms with E-state index in [9.17, 15) is 9.59 Å². The molecule has 0 aromatic rings. The third-order valence-electron chi connectivity index (χ3n) is 3.30. The lowest BCUT2D eigenvalue weighted by Gasteiger charge is -2.44. The predicted molar refractivity (Wildman–Crippen MR) is 66.2 cm³/mol. The molecular weight excluding hydrogens is 240 g/mol. The highest BCUT2D eigenvalue weighted by atomic mass is 32.2. The van der Waals surface area contributed by atoms with Gasteiger partial charge in [0.2, 0.25) is 0 Å². The number of amides is 2. The Hall–Kier alpha value is -0.910. The Morgan fingerprint density at radius 1 is 1.41 bits per heavy atom. The van der Waals surface area contributed by atoms with Gasteiger partial charge in [0.1, 0.15) is 0 Å². The molecule has 1 atom stereocenters. The quantitative estimate of drug-likeness (QED) is 0.801. The summed E-state index contributed by atoms with van der Waals surface area (Å²) in [4.78, 5) is 26.3. The Morgan fingerprint density at radius 2 is 2.12 bits per heavy atom. The molecule has 1 unspecified atom stereocenters. The van der Waals surface area contributed by atoms with E-state index < -0.39 is 5.97 Å². The van der Waals surface area contributed by atoms with Crippen LogP contribution in [0.5, 0.6) is 0 Å². The van der Waals surface area contributed by atoms with Crippen LogP contribution in [-0.2, 0) is 4.79 Å². The highest BCUT2D eigenvalue weighted by Crippen LogP contribution is 2.24. The van der Waals surface area contributed by atoms with Crippen LogP contribution in [0.1, 0.15) is 13.3 Å². The average Bonchev–Trinajstić information content (AvgIpc) is 2.22. The van der Waals surface area contributed by atoms with Crippen molar-refractivity contribution in [2.75, 3.05) is 31.1 Å². The second kappa shape index (κ2) is 5.16. The molecule has 0 aromatic heterocycles. The number of carbonyl (C=O) groups is 2. The third kappa shape index (κ3) is 2.86. The van der Waals surface area contributed by atoms with Gasteiger partial charge in [-0.05, 0) is 6.92 Å². The van der Waals surface area contributed by atoms with Crippen molar-refractivity contribution in [3.8, 4) is 0 Å². The summed E-state index contributed by atoms with van der Waals surface area (Å²) in [5.74, 6) is 1.37. The monoisotopic (exact) mass is 258 g/mol. The van der Waals surface area contributed by atoms with Crippen LogP contribution in [0.3, 0.4) is 0 Å². The molecule has 2 aliphatic rings. The number of hydrogen-bond donors (Lipinski definition) is 1. The highest BCUT2D eigenvalue weighted by Gasteiger charge is 2.36. The van der Waals surface area contributed by atoms with E-state index in [2.05, 4.69) is 6.92 Å². The van der Waals surface area contributed by atoms with Crippen LogP contribution in [0.15, 0.2) is 0 Å². The van der Waals surface area contributed by atoms with Gasteiger partial charge in [-0.1, -0.05) is 0 Å². The smallest absolute Gasteiger partial charge is 0.320 e. The van der Waals surface area contributed by atoms with E-state index in [4.69, 9.17) is 5.11 Å². The number of thioether (sulfide) groups is 1. The molecule has 0 aromatic carbocycles. The van der Waals surface area contributed by atoms with Crippen molar-refractivity contribution < 1.29 is 14.7 Å². The van der Waals surface area contributed by atoms with Crippen molar-refractivity contribution in [3.05, 3.63) is 0 Å². The molecule has 2 heterocycles. The molecular formula is C11H18N2O3S. The normalized spacial score (nSPS) is 25.6. The minimum atomic E-state index is -0.773. The van der Waals surface area contributed by atoms with Gasteiger partial charge >= 0.3 is 12.0 Å². The number of urea groups is 1. The maximum absolute atomic E-state index is 12.1. The second-order valence-electron chi connectivity index (χ2n) is 4.77. The zero-order valence-corrected chi connectivity index (χ0v) is 10.8. The molecule has 6 heteroatoms. The predicted octanol–water partition coefficient (Wildman–Crippen LogP) is 0.950. The standard InChI is InChI=1S/C11H18N2O3S/c1-8-7-17-3-2-13(8)11(16)12-5-9(6-12)4-10(14)15/h8-9H,2-7H2,1H3,(H,14,15). The molecule has 2 fully saturated rings. The fraction of sp³-hybridized carbons (Fsp3) is 0.818. The van der Waals surface area contributed by atoms with Crippen molar-refractivity contribution in [2.45, 2.75) is 19.4 Å². The number of carboxylic acids is 1. The van der Waals surface area contributed by atoms with E-state index in [1.807, 2.05) is 16.7 Å². The van der Waals surface area contributed by atoms with Crippen molar-refractivity contribution in [1.29, 1.82) is 0 Å². The van der Waals surface area contributed by atoms with E-state index in [0.29, 0.717) is 19.1 Å². The summed E-state index contributed by atoms with van der Waals surface area (Å²) in [6.45, 7) is 4.08. The molecule has 2 aliphatic heterocycles. The van der Waals surface area contributed by atoms with Crippen LogP contribution in [0.4, 0.5) is 4.79 Å². The first-order valence-corrected chi connectivity index (χ1v) is 7.08. The van der Waals surface area contributed by atoms with Crippen LogP contribution >= 0.6 is 11.8 Å². The molecule has 0 bridgehead atoms. The first kappa shape index (κ1) is 12.5. The molecule has 2 saturated heterocycles. The summed E-state index contributed by atoms with van der Waals surface area (Å²) >= 11 is 1.88. The van der Waals surface area contributed by atoms with Crippen LogP contribution < -0.4 is 0 Å². The molecule has 1 N–H and O–H groups in total. The van der Waals surface area contributed by atoms with E-state index in [1.54, 1.807) is 4.90 Å². The minimum absolute atomic E-state index is 0.0828. The molecule has 0 spiro atoms. The summed E-state index contributed by atoms with van der Waals surface area (Å²) in [6, 6.07) is 0.374. The molecule has 96 valence electrons. The van der Waals surface area contributed by atoms with E-state index in [0.717, 1.165) is 18.1 Å². The number of likely N-dealkylation sites (tertiary alicyclic amines) is 1. The number of carbonyl (C=O) groups excluding carboxylic acids is 1. The lowest BCUT2D eigenvalue weighted by atomic mass is 9.97. The number of hydrogen-bond acceptors (Lipinski definition) is 3. The van der Waals surface area contributed by atoms with Gasteiger partial charge in [0, 0.05) is 43.1 Å². The minimum Gasteiger partial charge on any atom is -0.481 e. The fourth-order valence-corrected chi connectivity index (χ4v) is 3.31. The summed E-state index contributed by atoms with van der Waals surface area (Å²) in [7, 11) is 0. The molecule has 0 radical (unpaired) electrons. The van der Waals surface area contributed by atoms with Crippen LogP contribution in [0.25, 0.3) is 0 Å². The van der Waals surface area contributed by atoms with E-state index in [1.165, 1.54) is 0 Å². The van der Waals surface area contributed by atoms with Gasteiger partial charge < -0.3 is 14.9 Å². The Balaban J connectivity index is 1.80. The van der Waals surface area contributed by atoms with Gasteiger partial charge in [-0.15, -0.1) is 0 Å². The number of rotatable bonds is 2. The van der Waals surface area contributed by atoms with E-state index in [-0.39, 0.29) is 18.4 Å². The molecule has 2 amide bonds. The Morgan fingerprint density at radius 3 is 2.71 bits per heavy atom. The zero-order valence-electron chi connectivity index (χ0n) is 9.96. The van der Waals surface area contributed by atoms with Crippen molar-refractivity contribution in [1.82, 2.24) is 9.80 Å². The van der Waals surface area contributed by atoms with Gasteiger partial charge in [0.05, 0.1) is 6.42 Å². The topological polar surface area (TPSA) is 60.9 Å². The fourth-order valence-electron chi connectivity index (χ4n) is 2.30. The third-order valence-corrected chi connectivity index (χ3v) is 4.49. The van der Waals surface area contributed by atoms with Crippen LogP contribution in [-0.4, -0.2) is 64.1 Å². The first-order valence-electron chi connectivity index (χ1n) is 5.93. The molecule has 17 heavy (non-hydrogen) atoms. The lowest BCUT2D eigenvalue weighted by molar-refractivity contribution is -0.139. The maximum atomic E-state index is 12.1. The SMILES string of the molecule is CC1CSCCN1C(=O)N1CC(CC(=O)O)C1. The van der Waals surface area contributed by atoms with Crippen molar-refractivity contribution >= 4 is 23.8 Å². The lowest BCUT2D eigenvalue weighted by Crippen LogP contribution is -2.58. The molecule has 5 nitrogen and oxygen atoms in total. The Kier molecular flexibility index (Phi) is 3.81. The second-order valence-corrected chi connectivity index (χ2v) is 5.92. The average molecular weight is 258 g/mol. The van der Waals surface area contributed by atoms with Crippen molar-refractivity contribution in [2.24, 2.45) is 5.92 Å². The van der Waals surface area contributed by atoms with Gasteiger partial charge in [-0.2, -0.15) is 11.8 Å².